The summed E-state index contributed by atoms with van der Waals surface area (Å²) >= 11 is 0. The quantitative estimate of drug-likeness (QED) is 0.197. The van der Waals surface area contributed by atoms with Gasteiger partial charge in [-0.1, -0.05) is 37.6 Å². The second-order valence-corrected chi connectivity index (χ2v) is 10.0. The monoisotopic (exact) mass is 529 g/mol. The molecule has 1 fully saturated rings. The van der Waals surface area contributed by atoms with Gasteiger partial charge in [0.25, 0.3) is 11.7 Å². The summed E-state index contributed by atoms with van der Waals surface area (Å²) in [6, 6.07) is 16.9. The molecule has 0 bridgehead atoms. The van der Waals surface area contributed by atoms with Crippen LogP contribution in [0.3, 0.4) is 0 Å². The van der Waals surface area contributed by atoms with E-state index in [1.807, 2.05) is 39.0 Å². The first-order valence-corrected chi connectivity index (χ1v) is 13.1. The molecule has 4 rings (SSSR count). The van der Waals surface area contributed by atoms with E-state index in [-0.39, 0.29) is 11.3 Å². The molecule has 3 aromatic carbocycles. The van der Waals surface area contributed by atoms with Gasteiger partial charge in [0.2, 0.25) is 0 Å². The van der Waals surface area contributed by atoms with Crippen LogP contribution in [0.25, 0.3) is 5.76 Å². The van der Waals surface area contributed by atoms with Crippen LogP contribution in [0.15, 0.2) is 66.2 Å². The largest absolute Gasteiger partial charge is 0.507 e. The average molecular weight is 530 g/mol. The molecule has 1 saturated heterocycles. The Hall–Kier alpha value is -4.26. The lowest BCUT2D eigenvalue weighted by Crippen LogP contribution is -2.30. The van der Waals surface area contributed by atoms with Gasteiger partial charge in [-0.05, 0) is 80.3 Å². The number of hydrogen-bond donors (Lipinski definition) is 1. The summed E-state index contributed by atoms with van der Waals surface area (Å²) in [5.74, 6) is 0.311. The van der Waals surface area contributed by atoms with Crippen molar-refractivity contribution in [1.82, 2.24) is 0 Å². The van der Waals surface area contributed by atoms with Crippen molar-refractivity contribution in [2.75, 3.05) is 25.2 Å². The third-order valence-electron chi connectivity index (χ3n) is 6.57. The highest BCUT2D eigenvalue weighted by molar-refractivity contribution is 6.51. The summed E-state index contributed by atoms with van der Waals surface area (Å²) in [6.45, 7) is 10.8. The Morgan fingerprint density at radius 2 is 1.67 bits per heavy atom. The highest BCUT2D eigenvalue weighted by atomic mass is 16.5. The fourth-order valence-electron chi connectivity index (χ4n) is 4.73. The number of carbonyl (C=O) groups is 2. The van der Waals surface area contributed by atoms with Gasteiger partial charge in [0.1, 0.15) is 11.5 Å². The molecule has 1 amide bonds. The van der Waals surface area contributed by atoms with E-state index in [1.54, 1.807) is 49.6 Å². The van der Waals surface area contributed by atoms with E-state index in [0.29, 0.717) is 53.2 Å². The van der Waals surface area contributed by atoms with Gasteiger partial charge in [-0.2, -0.15) is 0 Å². The smallest absolute Gasteiger partial charge is 0.300 e. The summed E-state index contributed by atoms with van der Waals surface area (Å²) in [5, 5.41) is 11.5. The number of ether oxygens (including phenoxy) is 3. The SMILES string of the molecule is CCOc1cc(C2/C(=C(\O)c3ccc(OCC(C)C)cc3)C(=O)C(=O)N2c2ccc(C)cc2C)ccc1OC. The second-order valence-electron chi connectivity index (χ2n) is 10.0. The van der Waals surface area contributed by atoms with E-state index in [1.165, 1.54) is 4.90 Å². The minimum atomic E-state index is -0.881. The van der Waals surface area contributed by atoms with Crippen molar-refractivity contribution in [3.63, 3.8) is 0 Å². The highest BCUT2D eigenvalue weighted by Crippen LogP contribution is 2.45. The standard InChI is InChI=1S/C32H35NO6/c1-7-38-27-17-23(11-15-26(27)37-6)29-28(30(34)22-9-12-24(13-10-22)39-18-19(2)3)31(35)32(36)33(29)25-14-8-20(4)16-21(25)5/h8-17,19,29,34H,7,18H2,1-6H3/b30-28+. The number of aliphatic hydroxyl groups is 1. The van der Waals surface area contributed by atoms with Crippen LogP contribution in [0.1, 0.15) is 49.1 Å². The predicted molar refractivity (Wildman–Crippen MR) is 152 cm³/mol. The first kappa shape index (κ1) is 27.8. The van der Waals surface area contributed by atoms with E-state index in [4.69, 9.17) is 14.2 Å². The van der Waals surface area contributed by atoms with E-state index in [2.05, 4.69) is 13.8 Å². The zero-order valence-electron chi connectivity index (χ0n) is 23.3. The zero-order valence-corrected chi connectivity index (χ0v) is 23.3. The number of methoxy groups -OCH3 is 1. The van der Waals surface area contributed by atoms with E-state index in [9.17, 15) is 14.7 Å². The van der Waals surface area contributed by atoms with Gasteiger partial charge in [-0.15, -0.1) is 0 Å². The van der Waals surface area contributed by atoms with Crippen molar-refractivity contribution in [3.8, 4) is 17.2 Å². The lowest BCUT2D eigenvalue weighted by atomic mass is 9.94. The number of benzene rings is 3. The van der Waals surface area contributed by atoms with Gasteiger partial charge in [-0.25, -0.2) is 0 Å². The Morgan fingerprint density at radius 3 is 2.28 bits per heavy atom. The van der Waals surface area contributed by atoms with Gasteiger partial charge < -0.3 is 19.3 Å². The Bertz CT molecular complexity index is 1410. The molecule has 0 aromatic heterocycles. The molecule has 1 N–H and O–H groups in total. The van der Waals surface area contributed by atoms with Crippen LogP contribution in [0.5, 0.6) is 17.2 Å². The molecule has 0 saturated carbocycles. The minimum absolute atomic E-state index is 0.00318. The van der Waals surface area contributed by atoms with Crippen molar-refractivity contribution in [1.29, 1.82) is 0 Å². The first-order chi connectivity index (χ1) is 18.7. The Labute approximate surface area is 229 Å². The zero-order chi connectivity index (χ0) is 28.3. The van der Waals surface area contributed by atoms with Crippen LogP contribution in [0, 0.1) is 19.8 Å². The maximum absolute atomic E-state index is 13.6. The number of rotatable bonds is 9. The lowest BCUT2D eigenvalue weighted by molar-refractivity contribution is -0.132. The molecule has 1 unspecified atom stereocenters. The third kappa shape index (κ3) is 5.62. The average Bonchev–Trinajstić information content (AvgIpc) is 3.17. The topological polar surface area (TPSA) is 85.3 Å². The highest BCUT2D eigenvalue weighted by Gasteiger charge is 2.47. The Morgan fingerprint density at radius 1 is 0.949 bits per heavy atom. The number of anilines is 1. The fourth-order valence-corrected chi connectivity index (χ4v) is 4.73. The molecule has 7 heteroatoms. The normalized spacial score (nSPS) is 16.6. The Kier molecular flexibility index (Phi) is 8.29. The van der Waals surface area contributed by atoms with E-state index in [0.717, 1.165) is 11.1 Å². The van der Waals surface area contributed by atoms with Crippen molar-refractivity contribution < 1.29 is 28.9 Å². The van der Waals surface area contributed by atoms with Crippen LogP contribution < -0.4 is 19.1 Å². The first-order valence-electron chi connectivity index (χ1n) is 13.1. The number of aliphatic hydroxyl groups excluding tert-OH is 1. The Balaban J connectivity index is 1.89. The van der Waals surface area contributed by atoms with Crippen LogP contribution in [-0.2, 0) is 9.59 Å². The van der Waals surface area contributed by atoms with Crippen molar-refractivity contribution in [3.05, 3.63) is 88.5 Å². The van der Waals surface area contributed by atoms with Gasteiger partial charge >= 0.3 is 0 Å². The minimum Gasteiger partial charge on any atom is -0.507 e. The molecule has 39 heavy (non-hydrogen) atoms. The van der Waals surface area contributed by atoms with Crippen molar-refractivity contribution in [2.24, 2.45) is 5.92 Å². The molecular formula is C32H35NO6. The number of carbonyl (C=O) groups excluding carboxylic acids is 2. The van der Waals surface area contributed by atoms with Crippen molar-refractivity contribution in [2.45, 2.75) is 40.7 Å². The molecule has 3 aromatic rings. The molecule has 0 aliphatic carbocycles. The van der Waals surface area contributed by atoms with Crippen LogP contribution >= 0.6 is 0 Å². The number of ketones is 1. The van der Waals surface area contributed by atoms with Gasteiger partial charge in [0.05, 0.1) is 31.9 Å². The summed E-state index contributed by atoms with van der Waals surface area (Å²) in [7, 11) is 1.55. The number of hydrogen-bond acceptors (Lipinski definition) is 6. The maximum Gasteiger partial charge on any atom is 0.300 e. The number of amides is 1. The van der Waals surface area contributed by atoms with Crippen LogP contribution in [0.2, 0.25) is 0 Å². The predicted octanol–water partition coefficient (Wildman–Crippen LogP) is 6.37. The maximum atomic E-state index is 13.6. The molecule has 1 aliphatic rings. The van der Waals surface area contributed by atoms with Gasteiger partial charge in [-0.3, -0.25) is 14.5 Å². The third-order valence-corrected chi connectivity index (χ3v) is 6.57. The molecular weight excluding hydrogens is 494 g/mol. The summed E-state index contributed by atoms with van der Waals surface area (Å²) < 4.78 is 17.0. The van der Waals surface area contributed by atoms with Crippen LogP contribution in [-0.4, -0.2) is 37.1 Å². The summed E-state index contributed by atoms with van der Waals surface area (Å²) in [4.78, 5) is 28.6. The van der Waals surface area contributed by atoms with Gasteiger partial charge in [0, 0.05) is 11.3 Å². The van der Waals surface area contributed by atoms with Crippen molar-refractivity contribution >= 4 is 23.1 Å². The molecule has 7 nitrogen and oxygen atoms in total. The summed E-state index contributed by atoms with van der Waals surface area (Å²) in [5.41, 5.74) is 3.49. The number of nitrogens with zero attached hydrogens (tertiary/aromatic N) is 1. The van der Waals surface area contributed by atoms with E-state index >= 15 is 0 Å². The molecule has 204 valence electrons. The van der Waals surface area contributed by atoms with Crippen LogP contribution in [0.4, 0.5) is 5.69 Å². The molecule has 1 atom stereocenters. The molecule has 1 heterocycles. The number of aryl methyl sites for hydroxylation is 2. The molecule has 0 radical (unpaired) electrons. The lowest BCUT2D eigenvalue weighted by Gasteiger charge is -2.27. The molecule has 0 spiro atoms. The summed E-state index contributed by atoms with van der Waals surface area (Å²) in [6.07, 6.45) is 0. The fraction of sp³-hybridized carbons (Fsp3) is 0.312. The van der Waals surface area contributed by atoms with E-state index < -0.39 is 17.7 Å². The molecule has 1 aliphatic heterocycles. The van der Waals surface area contributed by atoms with Gasteiger partial charge in [0.15, 0.2) is 11.5 Å². The second kappa shape index (κ2) is 11.6. The number of Topliss-reactive ketones (excluding diaryl/α,β-unsaturated/α-hetero) is 1.